The van der Waals surface area contributed by atoms with Gasteiger partial charge in [0.1, 0.15) is 5.00 Å². The number of carbonyl (C=O) groups excluding carboxylic acids is 2. The van der Waals surface area contributed by atoms with Crippen molar-refractivity contribution in [3.8, 4) is 10.4 Å². The van der Waals surface area contributed by atoms with Gasteiger partial charge in [-0.2, -0.15) is 0 Å². The standard InChI is InChI=1S/C23H21BrN2O3S/c1-15-19(23(28)26-11-13-29-14-12-26)22(30-20(15)16-5-3-2-4-6-16)25-21(27)17-7-9-18(24)10-8-17/h2-10H,11-14H2,1H3,(H,25,27). The minimum Gasteiger partial charge on any atom is -0.378 e. The van der Waals surface area contributed by atoms with Crippen LogP contribution >= 0.6 is 27.3 Å². The highest BCUT2D eigenvalue weighted by atomic mass is 79.9. The summed E-state index contributed by atoms with van der Waals surface area (Å²) in [4.78, 5) is 29.0. The fourth-order valence-corrected chi connectivity index (χ4v) is 4.89. The number of halogens is 1. The Labute approximate surface area is 187 Å². The number of benzene rings is 2. The van der Waals surface area contributed by atoms with Crippen molar-refractivity contribution in [2.75, 3.05) is 31.6 Å². The molecule has 0 spiro atoms. The second kappa shape index (κ2) is 9.12. The van der Waals surface area contributed by atoms with E-state index in [9.17, 15) is 9.59 Å². The lowest BCUT2D eigenvalue weighted by Gasteiger charge is -2.27. The predicted octanol–water partition coefficient (Wildman–Crippen LogP) is 5.21. The van der Waals surface area contributed by atoms with E-state index in [4.69, 9.17) is 4.74 Å². The summed E-state index contributed by atoms with van der Waals surface area (Å²) in [7, 11) is 0. The molecule has 2 aromatic carbocycles. The molecule has 0 radical (unpaired) electrons. The number of hydrogen-bond acceptors (Lipinski definition) is 4. The fraction of sp³-hybridized carbons (Fsp3) is 0.217. The van der Waals surface area contributed by atoms with Gasteiger partial charge in [0, 0.05) is 28.0 Å². The van der Waals surface area contributed by atoms with Crippen LogP contribution in [-0.2, 0) is 4.74 Å². The number of morpholine rings is 1. The summed E-state index contributed by atoms with van der Waals surface area (Å²) in [6.45, 7) is 4.10. The highest BCUT2D eigenvalue weighted by Gasteiger charge is 2.28. The number of anilines is 1. The van der Waals surface area contributed by atoms with Crippen LogP contribution in [0.4, 0.5) is 5.00 Å². The number of ether oxygens (including phenoxy) is 1. The second-order valence-corrected chi connectivity index (χ2v) is 8.93. The van der Waals surface area contributed by atoms with Crippen molar-refractivity contribution in [3.63, 3.8) is 0 Å². The Morgan fingerprint density at radius 3 is 2.37 bits per heavy atom. The first kappa shape index (κ1) is 20.8. The summed E-state index contributed by atoms with van der Waals surface area (Å²) in [5, 5.41) is 3.56. The van der Waals surface area contributed by atoms with E-state index in [1.54, 1.807) is 17.0 Å². The minimum atomic E-state index is -0.237. The molecule has 0 atom stereocenters. The molecule has 3 aromatic rings. The number of hydrogen-bond donors (Lipinski definition) is 1. The minimum absolute atomic E-state index is 0.0691. The summed E-state index contributed by atoms with van der Waals surface area (Å²) in [5.74, 6) is -0.306. The lowest BCUT2D eigenvalue weighted by atomic mass is 10.1. The van der Waals surface area contributed by atoms with Crippen molar-refractivity contribution in [1.29, 1.82) is 0 Å². The second-order valence-electron chi connectivity index (χ2n) is 6.99. The normalized spacial score (nSPS) is 13.9. The summed E-state index contributed by atoms with van der Waals surface area (Å²) in [6, 6.07) is 17.1. The monoisotopic (exact) mass is 484 g/mol. The van der Waals surface area contributed by atoms with E-state index < -0.39 is 0 Å². The average Bonchev–Trinajstić information content (AvgIpc) is 3.10. The first-order valence-corrected chi connectivity index (χ1v) is 11.3. The summed E-state index contributed by atoms with van der Waals surface area (Å²) < 4.78 is 6.29. The summed E-state index contributed by atoms with van der Waals surface area (Å²) in [6.07, 6.45) is 0. The molecule has 2 heterocycles. The van der Waals surface area contributed by atoms with Crippen LogP contribution in [0.5, 0.6) is 0 Å². The van der Waals surface area contributed by atoms with Gasteiger partial charge >= 0.3 is 0 Å². The van der Waals surface area contributed by atoms with Crippen molar-refractivity contribution >= 4 is 44.1 Å². The van der Waals surface area contributed by atoms with Crippen LogP contribution < -0.4 is 5.32 Å². The molecule has 4 rings (SSSR count). The van der Waals surface area contributed by atoms with Gasteiger partial charge in [0.15, 0.2) is 0 Å². The zero-order valence-electron chi connectivity index (χ0n) is 16.5. The number of rotatable bonds is 4. The predicted molar refractivity (Wildman–Crippen MR) is 123 cm³/mol. The smallest absolute Gasteiger partial charge is 0.257 e. The molecule has 0 bridgehead atoms. The Morgan fingerprint density at radius 1 is 1.03 bits per heavy atom. The molecular formula is C23H21BrN2O3S. The Kier molecular flexibility index (Phi) is 6.32. The average molecular weight is 485 g/mol. The summed E-state index contributed by atoms with van der Waals surface area (Å²) >= 11 is 4.82. The maximum atomic E-state index is 13.4. The maximum Gasteiger partial charge on any atom is 0.257 e. The first-order chi connectivity index (χ1) is 14.5. The molecule has 7 heteroatoms. The van der Waals surface area contributed by atoms with Gasteiger partial charge in [-0.25, -0.2) is 0 Å². The van der Waals surface area contributed by atoms with E-state index in [-0.39, 0.29) is 11.8 Å². The van der Waals surface area contributed by atoms with Crippen molar-refractivity contribution in [3.05, 3.63) is 75.8 Å². The molecule has 0 aliphatic carbocycles. The lowest BCUT2D eigenvalue weighted by Crippen LogP contribution is -2.41. The molecule has 1 aromatic heterocycles. The Bertz CT molecular complexity index is 1060. The molecule has 1 aliphatic heterocycles. The van der Waals surface area contributed by atoms with Crippen molar-refractivity contribution in [2.45, 2.75) is 6.92 Å². The fourth-order valence-electron chi connectivity index (χ4n) is 3.43. The van der Waals surface area contributed by atoms with Crippen LogP contribution in [0, 0.1) is 6.92 Å². The Hall–Kier alpha value is -2.48. The zero-order valence-corrected chi connectivity index (χ0v) is 18.9. The topological polar surface area (TPSA) is 58.6 Å². The Morgan fingerprint density at radius 2 is 1.70 bits per heavy atom. The highest BCUT2D eigenvalue weighted by molar-refractivity contribution is 9.10. The third-order valence-corrected chi connectivity index (χ3v) is 6.81. The van der Waals surface area contributed by atoms with Gasteiger partial charge in [0.2, 0.25) is 0 Å². The number of amides is 2. The molecule has 5 nitrogen and oxygen atoms in total. The molecule has 30 heavy (non-hydrogen) atoms. The van der Waals surface area contributed by atoms with Crippen LogP contribution in [0.2, 0.25) is 0 Å². The quantitative estimate of drug-likeness (QED) is 0.552. The first-order valence-electron chi connectivity index (χ1n) is 9.67. The molecule has 1 N–H and O–H groups in total. The zero-order chi connectivity index (χ0) is 21.1. The maximum absolute atomic E-state index is 13.4. The number of carbonyl (C=O) groups is 2. The number of nitrogens with zero attached hydrogens (tertiary/aromatic N) is 1. The van der Waals surface area contributed by atoms with Gasteiger partial charge < -0.3 is 15.0 Å². The van der Waals surface area contributed by atoms with E-state index in [1.165, 1.54) is 11.3 Å². The molecule has 154 valence electrons. The number of thiophene rings is 1. The highest BCUT2D eigenvalue weighted by Crippen LogP contribution is 2.40. The molecule has 0 saturated carbocycles. The van der Waals surface area contributed by atoms with Crippen molar-refractivity contribution in [1.82, 2.24) is 4.90 Å². The van der Waals surface area contributed by atoms with Crippen LogP contribution in [0.3, 0.4) is 0 Å². The van der Waals surface area contributed by atoms with Gasteiger partial charge in [-0.15, -0.1) is 11.3 Å². The van der Waals surface area contributed by atoms with Crippen LogP contribution in [0.15, 0.2) is 59.1 Å². The van der Waals surface area contributed by atoms with Gasteiger partial charge in [-0.1, -0.05) is 46.3 Å². The van der Waals surface area contributed by atoms with Crippen LogP contribution in [0.25, 0.3) is 10.4 Å². The molecule has 2 amide bonds. The lowest BCUT2D eigenvalue weighted by molar-refractivity contribution is 0.0303. The van der Waals surface area contributed by atoms with Crippen LogP contribution in [-0.4, -0.2) is 43.0 Å². The number of nitrogens with one attached hydrogen (secondary N) is 1. The molecule has 0 unspecified atom stereocenters. The van der Waals surface area contributed by atoms with Gasteiger partial charge in [0.25, 0.3) is 11.8 Å². The molecule has 1 saturated heterocycles. The summed E-state index contributed by atoms with van der Waals surface area (Å²) in [5.41, 5.74) is 3.01. The molecular weight excluding hydrogens is 464 g/mol. The van der Waals surface area contributed by atoms with Gasteiger partial charge in [-0.05, 0) is 42.3 Å². The SMILES string of the molecule is Cc1c(-c2ccccc2)sc(NC(=O)c2ccc(Br)cc2)c1C(=O)N1CCOCC1. The van der Waals surface area contributed by atoms with Crippen molar-refractivity contribution in [2.24, 2.45) is 0 Å². The largest absolute Gasteiger partial charge is 0.378 e. The molecule has 1 aliphatic rings. The van der Waals surface area contributed by atoms with Gasteiger partial charge in [0.05, 0.1) is 18.8 Å². The third kappa shape index (κ3) is 4.33. The van der Waals surface area contributed by atoms with E-state index in [1.807, 2.05) is 49.4 Å². The van der Waals surface area contributed by atoms with Gasteiger partial charge in [-0.3, -0.25) is 9.59 Å². The molecule has 1 fully saturated rings. The van der Waals surface area contributed by atoms with E-state index in [0.29, 0.717) is 42.4 Å². The third-order valence-electron chi connectivity index (χ3n) is 5.03. The van der Waals surface area contributed by atoms with E-state index >= 15 is 0 Å². The van der Waals surface area contributed by atoms with E-state index in [2.05, 4.69) is 21.2 Å². The Balaban J connectivity index is 1.72. The van der Waals surface area contributed by atoms with Crippen LogP contribution in [0.1, 0.15) is 26.3 Å². The van der Waals surface area contributed by atoms with Crippen molar-refractivity contribution < 1.29 is 14.3 Å². The van der Waals surface area contributed by atoms with E-state index in [0.717, 1.165) is 20.5 Å².